The minimum Gasteiger partial charge on any atom is -0.493 e. The molecule has 2 aromatic rings. The molecule has 0 saturated carbocycles. The molecule has 24 heavy (non-hydrogen) atoms. The van der Waals surface area contributed by atoms with E-state index in [1.165, 1.54) is 19.2 Å². The van der Waals surface area contributed by atoms with Crippen molar-refractivity contribution >= 4 is 23.2 Å². The van der Waals surface area contributed by atoms with Gasteiger partial charge in [-0.3, -0.25) is 4.79 Å². The van der Waals surface area contributed by atoms with Crippen LogP contribution in [-0.4, -0.2) is 19.6 Å². The lowest BCUT2D eigenvalue weighted by Crippen LogP contribution is -2.20. The van der Waals surface area contributed by atoms with E-state index in [0.29, 0.717) is 17.0 Å². The Bertz CT molecular complexity index is 792. The Morgan fingerprint density at radius 2 is 1.88 bits per heavy atom. The molecule has 2 rings (SSSR count). The molecule has 0 heterocycles. The Kier molecular flexibility index (Phi) is 5.67. The molecular weight excluding hydrogens is 328 g/mol. The lowest BCUT2D eigenvalue weighted by Gasteiger charge is -2.13. The van der Waals surface area contributed by atoms with E-state index in [9.17, 15) is 4.79 Å². The molecule has 5 nitrogen and oxygen atoms in total. The van der Waals surface area contributed by atoms with Gasteiger partial charge in [-0.25, -0.2) is 0 Å². The van der Waals surface area contributed by atoms with Gasteiger partial charge >= 0.3 is 0 Å². The van der Waals surface area contributed by atoms with Crippen LogP contribution in [0.2, 0.25) is 5.02 Å². The fourth-order valence-electron chi connectivity index (χ4n) is 2.31. The molecule has 0 aromatic heterocycles. The Labute approximate surface area is 145 Å². The van der Waals surface area contributed by atoms with Crippen molar-refractivity contribution in [2.45, 2.75) is 13.8 Å². The van der Waals surface area contributed by atoms with Crippen LogP contribution >= 0.6 is 11.6 Å². The summed E-state index contributed by atoms with van der Waals surface area (Å²) in [6, 6.07) is 10.7. The fourth-order valence-corrected chi connectivity index (χ4v) is 2.57. The first-order valence-electron chi connectivity index (χ1n) is 7.21. The van der Waals surface area contributed by atoms with Crippen molar-refractivity contribution in [1.82, 2.24) is 0 Å². The molecular formula is C18H17ClN2O3. The third-order valence-corrected chi connectivity index (χ3v) is 3.49. The highest BCUT2D eigenvalue weighted by Crippen LogP contribution is 2.36. The van der Waals surface area contributed by atoms with E-state index in [2.05, 4.69) is 5.32 Å². The average molecular weight is 345 g/mol. The maximum atomic E-state index is 12.1. The van der Waals surface area contributed by atoms with Gasteiger partial charge in [-0.1, -0.05) is 17.7 Å². The van der Waals surface area contributed by atoms with Gasteiger partial charge in [0.15, 0.2) is 18.1 Å². The number of aryl methyl sites for hydroxylation is 2. The number of nitrogens with one attached hydrogen (secondary N) is 1. The number of halogens is 1. The summed E-state index contributed by atoms with van der Waals surface area (Å²) in [6.07, 6.45) is 0. The highest BCUT2D eigenvalue weighted by molar-refractivity contribution is 6.32. The average Bonchev–Trinajstić information content (AvgIpc) is 2.51. The summed E-state index contributed by atoms with van der Waals surface area (Å²) in [4.78, 5) is 12.1. The number of ether oxygens (including phenoxy) is 2. The van der Waals surface area contributed by atoms with Crippen molar-refractivity contribution in [3.8, 4) is 17.6 Å². The first kappa shape index (κ1) is 17.6. The molecule has 0 bridgehead atoms. The van der Waals surface area contributed by atoms with Crippen molar-refractivity contribution in [3.05, 3.63) is 52.0 Å². The number of carbonyl (C=O) groups is 1. The van der Waals surface area contributed by atoms with E-state index in [0.717, 1.165) is 11.1 Å². The largest absolute Gasteiger partial charge is 0.493 e. The van der Waals surface area contributed by atoms with Gasteiger partial charge in [0.1, 0.15) is 0 Å². The van der Waals surface area contributed by atoms with E-state index in [4.69, 9.17) is 26.3 Å². The molecule has 0 radical (unpaired) electrons. The van der Waals surface area contributed by atoms with Gasteiger partial charge in [0.05, 0.1) is 23.8 Å². The summed E-state index contributed by atoms with van der Waals surface area (Å²) in [6.45, 7) is 3.69. The summed E-state index contributed by atoms with van der Waals surface area (Å²) in [5.41, 5.74) is 3.17. The summed E-state index contributed by atoms with van der Waals surface area (Å²) >= 11 is 6.09. The zero-order chi connectivity index (χ0) is 17.7. The maximum absolute atomic E-state index is 12.1. The number of hydrogen-bond donors (Lipinski definition) is 1. The number of anilines is 1. The smallest absolute Gasteiger partial charge is 0.262 e. The van der Waals surface area contributed by atoms with Gasteiger partial charge < -0.3 is 14.8 Å². The number of nitrogens with zero attached hydrogens (tertiary/aromatic N) is 1. The third kappa shape index (κ3) is 4.40. The van der Waals surface area contributed by atoms with Crippen LogP contribution in [-0.2, 0) is 4.79 Å². The van der Waals surface area contributed by atoms with Crippen LogP contribution in [0.5, 0.6) is 11.5 Å². The second-order valence-electron chi connectivity index (χ2n) is 5.31. The zero-order valence-corrected chi connectivity index (χ0v) is 14.4. The van der Waals surface area contributed by atoms with Crippen molar-refractivity contribution in [2.75, 3.05) is 19.0 Å². The Hall–Kier alpha value is -2.71. The summed E-state index contributed by atoms with van der Waals surface area (Å²) in [7, 11) is 1.44. The van der Waals surface area contributed by atoms with Gasteiger partial charge in [0.25, 0.3) is 5.91 Å². The van der Waals surface area contributed by atoms with Gasteiger partial charge in [-0.2, -0.15) is 5.26 Å². The lowest BCUT2D eigenvalue weighted by molar-refractivity contribution is -0.118. The second kappa shape index (κ2) is 7.71. The number of carbonyl (C=O) groups excluding carboxylic acids is 1. The van der Waals surface area contributed by atoms with Crippen molar-refractivity contribution in [3.63, 3.8) is 0 Å². The number of hydrogen-bond acceptors (Lipinski definition) is 4. The van der Waals surface area contributed by atoms with E-state index in [1.807, 2.05) is 38.1 Å². The summed E-state index contributed by atoms with van der Waals surface area (Å²) in [5.74, 6) is 0.217. The standard InChI is InChI=1S/C18H17ClN2O3/c1-11-4-12(2)6-14(5-11)21-17(22)10-24-18-15(19)7-13(9-20)8-16(18)23-3/h4-8H,10H2,1-3H3,(H,21,22). The van der Waals surface area contributed by atoms with Crippen LogP contribution in [0.25, 0.3) is 0 Å². The van der Waals surface area contributed by atoms with Crippen LogP contribution in [0, 0.1) is 25.2 Å². The molecule has 1 N–H and O–H groups in total. The predicted molar refractivity (Wildman–Crippen MR) is 92.8 cm³/mol. The van der Waals surface area contributed by atoms with Crippen molar-refractivity contribution in [2.24, 2.45) is 0 Å². The Balaban J connectivity index is 2.08. The monoisotopic (exact) mass is 344 g/mol. The summed E-state index contributed by atoms with van der Waals surface area (Å²) < 4.78 is 10.6. The second-order valence-corrected chi connectivity index (χ2v) is 5.72. The maximum Gasteiger partial charge on any atom is 0.262 e. The zero-order valence-electron chi connectivity index (χ0n) is 13.6. The first-order valence-corrected chi connectivity index (χ1v) is 7.59. The Morgan fingerprint density at radius 3 is 2.46 bits per heavy atom. The van der Waals surface area contributed by atoms with Gasteiger partial charge in [-0.15, -0.1) is 0 Å². The van der Waals surface area contributed by atoms with Crippen LogP contribution < -0.4 is 14.8 Å². The first-order chi connectivity index (χ1) is 11.4. The fraction of sp³-hybridized carbons (Fsp3) is 0.222. The molecule has 6 heteroatoms. The van der Waals surface area contributed by atoms with E-state index in [1.54, 1.807) is 0 Å². The topological polar surface area (TPSA) is 71.3 Å². The highest BCUT2D eigenvalue weighted by atomic mass is 35.5. The van der Waals surface area contributed by atoms with Crippen molar-refractivity contribution < 1.29 is 14.3 Å². The number of nitriles is 1. The molecule has 0 fully saturated rings. The van der Waals surface area contributed by atoms with Crippen LogP contribution in [0.1, 0.15) is 16.7 Å². The van der Waals surface area contributed by atoms with Gasteiger partial charge in [-0.05, 0) is 43.2 Å². The third-order valence-electron chi connectivity index (χ3n) is 3.21. The minimum atomic E-state index is -0.317. The SMILES string of the molecule is COc1cc(C#N)cc(Cl)c1OCC(=O)Nc1cc(C)cc(C)c1. The highest BCUT2D eigenvalue weighted by Gasteiger charge is 2.14. The number of amides is 1. The number of benzene rings is 2. The molecule has 0 saturated heterocycles. The Morgan fingerprint density at radius 1 is 1.21 bits per heavy atom. The van der Waals surface area contributed by atoms with Gasteiger partial charge in [0.2, 0.25) is 0 Å². The lowest BCUT2D eigenvalue weighted by atomic mass is 10.1. The predicted octanol–water partition coefficient (Wildman–Crippen LogP) is 3.85. The van der Waals surface area contributed by atoms with Crippen molar-refractivity contribution in [1.29, 1.82) is 5.26 Å². The molecule has 0 spiro atoms. The minimum absolute atomic E-state index is 0.213. The summed E-state index contributed by atoms with van der Waals surface area (Å²) in [5, 5.41) is 11.9. The normalized spacial score (nSPS) is 9.96. The molecule has 2 aromatic carbocycles. The molecule has 124 valence electrons. The molecule has 0 unspecified atom stereocenters. The molecule has 0 atom stereocenters. The molecule has 1 amide bonds. The van der Waals surface area contributed by atoms with Crippen LogP contribution in [0.3, 0.4) is 0 Å². The van der Waals surface area contributed by atoms with Crippen LogP contribution in [0.15, 0.2) is 30.3 Å². The molecule has 0 aliphatic heterocycles. The number of methoxy groups -OCH3 is 1. The van der Waals surface area contributed by atoms with Gasteiger partial charge in [0, 0.05) is 11.8 Å². The molecule has 0 aliphatic rings. The van der Waals surface area contributed by atoms with E-state index >= 15 is 0 Å². The van der Waals surface area contributed by atoms with Crippen LogP contribution in [0.4, 0.5) is 5.69 Å². The quantitative estimate of drug-likeness (QED) is 0.894. The molecule has 0 aliphatic carbocycles. The number of rotatable bonds is 5. The van der Waals surface area contributed by atoms with E-state index in [-0.39, 0.29) is 23.3 Å². The van der Waals surface area contributed by atoms with E-state index < -0.39 is 0 Å².